The molecule has 2 amide bonds. The number of H-pyrrole nitrogens is 1. The van der Waals surface area contributed by atoms with Crippen molar-refractivity contribution in [3.05, 3.63) is 32.5 Å². The zero-order valence-corrected chi connectivity index (χ0v) is 13.4. The fraction of sp³-hybridized carbons (Fsp3) is 0.100. The summed E-state index contributed by atoms with van der Waals surface area (Å²) >= 11 is 6.40. The van der Waals surface area contributed by atoms with E-state index in [1.165, 1.54) is 6.07 Å². The lowest BCUT2D eigenvalue weighted by atomic mass is 10.2. The Morgan fingerprint density at radius 1 is 1.33 bits per heavy atom. The Labute approximate surface area is 134 Å². The van der Waals surface area contributed by atoms with Gasteiger partial charge in [0.15, 0.2) is 5.82 Å². The fourth-order valence-corrected chi connectivity index (χ4v) is 2.77. The lowest BCUT2D eigenvalue weighted by Crippen LogP contribution is -2.29. The number of urea groups is 1. The van der Waals surface area contributed by atoms with Crippen molar-refractivity contribution in [2.75, 3.05) is 5.32 Å². The molecule has 1 aromatic carbocycles. The van der Waals surface area contributed by atoms with E-state index in [1.807, 2.05) is 0 Å². The number of carboxylic acid groups (broad SMARTS) is 1. The monoisotopic (exact) mass is 418 g/mol. The van der Waals surface area contributed by atoms with Crippen LogP contribution >= 0.6 is 31.9 Å². The highest BCUT2D eigenvalue weighted by Gasteiger charge is 2.17. The quantitative estimate of drug-likeness (QED) is 0.596. The summed E-state index contributed by atoms with van der Waals surface area (Å²) in [7, 11) is 0. The van der Waals surface area contributed by atoms with Gasteiger partial charge in [0.1, 0.15) is 0 Å². The zero-order chi connectivity index (χ0) is 15.4. The van der Waals surface area contributed by atoms with Crippen molar-refractivity contribution in [2.24, 2.45) is 0 Å². The minimum Gasteiger partial charge on any atom is -0.478 e. The highest BCUT2D eigenvalue weighted by molar-refractivity contribution is 9.11. The third-order valence-electron chi connectivity index (χ3n) is 2.32. The van der Waals surface area contributed by atoms with Crippen LogP contribution in [-0.4, -0.2) is 37.7 Å². The van der Waals surface area contributed by atoms with E-state index in [2.05, 4.69) is 63.1 Å². The lowest BCUT2D eigenvalue weighted by molar-refractivity contribution is 0.0698. The second-order valence-electron chi connectivity index (χ2n) is 3.75. The molecular formula is C10H8Br2N6O3. The summed E-state index contributed by atoms with van der Waals surface area (Å²) in [5, 5.41) is 27.0. The first-order chi connectivity index (χ1) is 9.97. The molecular weight excluding hydrogens is 412 g/mol. The number of aromatic carboxylic acids is 1. The van der Waals surface area contributed by atoms with E-state index in [1.54, 1.807) is 6.07 Å². The fourth-order valence-electron chi connectivity index (χ4n) is 1.44. The molecule has 0 fully saturated rings. The SMILES string of the molecule is O=C(NCc1nn[nH]n1)Nc1c(Br)cc(Br)cc1C(=O)O. The topological polar surface area (TPSA) is 133 Å². The predicted molar refractivity (Wildman–Crippen MR) is 78.8 cm³/mol. The van der Waals surface area contributed by atoms with Gasteiger partial charge in [0.25, 0.3) is 0 Å². The highest BCUT2D eigenvalue weighted by Crippen LogP contribution is 2.30. The molecule has 4 N–H and O–H groups in total. The van der Waals surface area contributed by atoms with Crippen molar-refractivity contribution in [3.63, 3.8) is 0 Å². The van der Waals surface area contributed by atoms with Crippen LogP contribution in [0.3, 0.4) is 0 Å². The average molecular weight is 420 g/mol. The predicted octanol–water partition coefficient (Wildman–Crippen LogP) is 1.74. The minimum atomic E-state index is -1.16. The summed E-state index contributed by atoms with van der Waals surface area (Å²) in [5.74, 6) is -0.857. The number of rotatable bonds is 4. The highest BCUT2D eigenvalue weighted by atomic mass is 79.9. The van der Waals surface area contributed by atoms with Crippen LogP contribution in [0.1, 0.15) is 16.2 Å². The van der Waals surface area contributed by atoms with Gasteiger partial charge in [-0.2, -0.15) is 5.21 Å². The van der Waals surface area contributed by atoms with E-state index >= 15 is 0 Å². The summed E-state index contributed by atoms with van der Waals surface area (Å²) in [4.78, 5) is 23.0. The second kappa shape index (κ2) is 6.63. The van der Waals surface area contributed by atoms with Gasteiger partial charge in [0, 0.05) is 8.95 Å². The molecule has 11 heteroatoms. The number of carboxylic acids is 1. The van der Waals surface area contributed by atoms with Crippen LogP contribution in [0.5, 0.6) is 0 Å². The van der Waals surface area contributed by atoms with Gasteiger partial charge in [-0.05, 0) is 28.1 Å². The Morgan fingerprint density at radius 2 is 2.10 bits per heavy atom. The van der Waals surface area contributed by atoms with Crippen LogP contribution in [0.4, 0.5) is 10.5 Å². The molecule has 110 valence electrons. The number of nitrogens with one attached hydrogen (secondary N) is 3. The zero-order valence-electron chi connectivity index (χ0n) is 10.2. The number of aromatic amines is 1. The van der Waals surface area contributed by atoms with Gasteiger partial charge in [-0.3, -0.25) is 0 Å². The number of aromatic nitrogens is 4. The summed E-state index contributed by atoms with van der Waals surface area (Å²) in [6.45, 7) is 0.0544. The van der Waals surface area contributed by atoms with Gasteiger partial charge in [-0.1, -0.05) is 21.1 Å². The number of amides is 2. The molecule has 0 aliphatic carbocycles. The molecule has 0 saturated carbocycles. The van der Waals surface area contributed by atoms with Gasteiger partial charge >= 0.3 is 12.0 Å². The van der Waals surface area contributed by atoms with E-state index in [4.69, 9.17) is 5.11 Å². The second-order valence-corrected chi connectivity index (χ2v) is 5.52. The third kappa shape index (κ3) is 3.98. The maximum absolute atomic E-state index is 11.8. The van der Waals surface area contributed by atoms with Crippen LogP contribution in [0, 0.1) is 0 Å². The Kier molecular flexibility index (Phi) is 4.85. The molecule has 0 spiro atoms. The number of hydrogen-bond acceptors (Lipinski definition) is 5. The molecule has 0 aliphatic heterocycles. The first-order valence-electron chi connectivity index (χ1n) is 5.47. The minimum absolute atomic E-state index is 0.0500. The maximum atomic E-state index is 11.8. The van der Waals surface area contributed by atoms with Gasteiger partial charge in [0.2, 0.25) is 0 Å². The van der Waals surface area contributed by atoms with E-state index in [0.717, 1.165) is 0 Å². The number of nitrogens with zero attached hydrogens (tertiary/aromatic N) is 3. The standard InChI is InChI=1S/C10H8Br2N6O3/c11-4-1-5(9(19)20)8(6(12)2-4)14-10(21)13-3-7-15-17-18-16-7/h1-2H,3H2,(H,19,20)(H2,13,14,21)(H,15,16,17,18). The van der Waals surface area contributed by atoms with Crippen molar-refractivity contribution < 1.29 is 14.7 Å². The molecule has 0 saturated heterocycles. The number of hydrogen-bond donors (Lipinski definition) is 4. The van der Waals surface area contributed by atoms with Gasteiger partial charge in [0.05, 0.1) is 17.8 Å². The van der Waals surface area contributed by atoms with Crippen molar-refractivity contribution >= 4 is 49.5 Å². The van der Waals surface area contributed by atoms with Crippen LogP contribution in [0.25, 0.3) is 0 Å². The molecule has 1 aromatic heterocycles. The van der Waals surface area contributed by atoms with Crippen molar-refractivity contribution in [1.82, 2.24) is 25.9 Å². The molecule has 21 heavy (non-hydrogen) atoms. The largest absolute Gasteiger partial charge is 0.478 e. The van der Waals surface area contributed by atoms with Crippen molar-refractivity contribution in [1.29, 1.82) is 0 Å². The van der Waals surface area contributed by atoms with Crippen molar-refractivity contribution in [3.8, 4) is 0 Å². The summed E-state index contributed by atoms with van der Waals surface area (Å²) in [6.07, 6.45) is 0. The first-order valence-corrected chi connectivity index (χ1v) is 7.05. The number of anilines is 1. The lowest BCUT2D eigenvalue weighted by Gasteiger charge is -2.11. The number of benzene rings is 1. The Hall–Kier alpha value is -2.01. The normalized spacial score (nSPS) is 10.2. The Balaban J connectivity index is 2.11. The molecule has 0 unspecified atom stereocenters. The first kappa shape index (κ1) is 15.4. The van der Waals surface area contributed by atoms with E-state index in [0.29, 0.717) is 14.8 Å². The number of carbonyl (C=O) groups excluding carboxylic acids is 1. The summed E-state index contributed by atoms with van der Waals surface area (Å²) in [6, 6.07) is 2.42. The maximum Gasteiger partial charge on any atom is 0.337 e. The molecule has 0 atom stereocenters. The van der Waals surface area contributed by atoms with Crippen LogP contribution in [0.2, 0.25) is 0 Å². The Bertz CT molecular complexity index is 676. The van der Waals surface area contributed by atoms with Crippen LogP contribution in [0.15, 0.2) is 21.1 Å². The number of halogens is 2. The van der Waals surface area contributed by atoms with Gasteiger partial charge in [-0.15, -0.1) is 10.2 Å². The molecule has 2 rings (SSSR count). The Morgan fingerprint density at radius 3 is 2.71 bits per heavy atom. The van der Waals surface area contributed by atoms with Crippen molar-refractivity contribution in [2.45, 2.75) is 6.54 Å². The molecule has 2 aromatic rings. The van der Waals surface area contributed by atoms with E-state index < -0.39 is 12.0 Å². The molecule has 0 radical (unpaired) electrons. The van der Waals surface area contributed by atoms with Crippen LogP contribution < -0.4 is 10.6 Å². The number of tetrazole rings is 1. The third-order valence-corrected chi connectivity index (χ3v) is 3.40. The van der Waals surface area contributed by atoms with Gasteiger partial charge in [-0.25, -0.2) is 9.59 Å². The molecule has 9 nitrogen and oxygen atoms in total. The summed E-state index contributed by atoms with van der Waals surface area (Å²) in [5.41, 5.74) is 0.0993. The number of carbonyl (C=O) groups is 2. The van der Waals surface area contributed by atoms with E-state index in [-0.39, 0.29) is 17.8 Å². The molecule has 0 bridgehead atoms. The van der Waals surface area contributed by atoms with E-state index in [9.17, 15) is 9.59 Å². The summed E-state index contributed by atoms with van der Waals surface area (Å²) < 4.78 is 1.01. The molecule has 0 aliphatic rings. The molecule has 1 heterocycles. The van der Waals surface area contributed by atoms with Gasteiger partial charge < -0.3 is 15.7 Å². The van der Waals surface area contributed by atoms with Crippen LogP contribution in [-0.2, 0) is 6.54 Å². The smallest absolute Gasteiger partial charge is 0.337 e. The average Bonchev–Trinajstić information content (AvgIpc) is 2.92.